The topological polar surface area (TPSA) is 54.9 Å². The summed E-state index contributed by atoms with van der Waals surface area (Å²) < 4.78 is 0. The van der Waals surface area contributed by atoms with Crippen LogP contribution in [-0.4, -0.2) is 21.9 Å². The van der Waals surface area contributed by atoms with Crippen molar-refractivity contribution in [1.29, 1.82) is 0 Å². The van der Waals surface area contributed by atoms with E-state index in [0.717, 1.165) is 9.90 Å². The second-order valence-corrected chi connectivity index (χ2v) is 6.01. The molecule has 1 heterocycles. The lowest BCUT2D eigenvalue weighted by Gasteiger charge is -2.02. The SMILES string of the molecule is Cc1ccc(SCC(=O)Nc2nnc(C)s2)cc1. The summed E-state index contributed by atoms with van der Waals surface area (Å²) in [5.41, 5.74) is 1.22. The number of aryl methyl sites for hydroxylation is 2. The standard InChI is InChI=1S/C12H13N3OS2/c1-8-3-5-10(6-4-8)17-7-11(16)13-12-15-14-9(2)18-12/h3-6H,7H2,1-2H3,(H,13,15,16). The molecule has 0 aliphatic heterocycles. The Kier molecular flexibility index (Phi) is 4.33. The second-order valence-electron chi connectivity index (χ2n) is 3.78. The summed E-state index contributed by atoms with van der Waals surface area (Å²) in [5.74, 6) is 0.318. The summed E-state index contributed by atoms with van der Waals surface area (Å²) in [6, 6.07) is 8.10. The molecule has 0 aliphatic carbocycles. The molecule has 0 saturated heterocycles. The van der Waals surface area contributed by atoms with Crippen LogP contribution in [0.2, 0.25) is 0 Å². The van der Waals surface area contributed by atoms with Gasteiger partial charge >= 0.3 is 0 Å². The van der Waals surface area contributed by atoms with Crippen molar-refractivity contribution >= 4 is 34.1 Å². The molecule has 2 aromatic rings. The van der Waals surface area contributed by atoms with Gasteiger partial charge in [0.1, 0.15) is 5.01 Å². The lowest BCUT2D eigenvalue weighted by atomic mass is 10.2. The van der Waals surface area contributed by atoms with Crippen molar-refractivity contribution in [2.75, 3.05) is 11.1 Å². The Morgan fingerprint density at radius 2 is 2.00 bits per heavy atom. The molecule has 18 heavy (non-hydrogen) atoms. The van der Waals surface area contributed by atoms with Crippen molar-refractivity contribution in [3.8, 4) is 0 Å². The molecule has 6 heteroatoms. The van der Waals surface area contributed by atoms with E-state index >= 15 is 0 Å². The number of nitrogens with one attached hydrogen (secondary N) is 1. The zero-order chi connectivity index (χ0) is 13.0. The van der Waals surface area contributed by atoms with Crippen LogP contribution in [0.3, 0.4) is 0 Å². The molecule has 1 aromatic carbocycles. The smallest absolute Gasteiger partial charge is 0.236 e. The minimum absolute atomic E-state index is 0.0586. The van der Waals surface area contributed by atoms with Gasteiger partial charge in [0, 0.05) is 4.90 Å². The minimum atomic E-state index is -0.0586. The first-order valence-electron chi connectivity index (χ1n) is 5.43. The molecule has 94 valence electrons. The lowest BCUT2D eigenvalue weighted by Crippen LogP contribution is -2.13. The normalized spacial score (nSPS) is 10.3. The number of rotatable bonds is 4. The van der Waals surface area contributed by atoms with Gasteiger partial charge in [0.05, 0.1) is 5.75 Å². The Bertz CT molecular complexity index is 537. The van der Waals surface area contributed by atoms with Crippen molar-refractivity contribution in [3.05, 3.63) is 34.8 Å². The van der Waals surface area contributed by atoms with Crippen LogP contribution in [0.25, 0.3) is 0 Å². The Balaban J connectivity index is 1.83. The fourth-order valence-electron chi connectivity index (χ4n) is 1.29. The molecule has 0 fully saturated rings. The van der Waals surface area contributed by atoms with Crippen LogP contribution in [-0.2, 0) is 4.79 Å². The predicted octanol–water partition coefficient (Wildman–Crippen LogP) is 2.89. The zero-order valence-electron chi connectivity index (χ0n) is 10.1. The number of amides is 1. The van der Waals surface area contributed by atoms with E-state index in [-0.39, 0.29) is 5.91 Å². The number of anilines is 1. The third kappa shape index (κ3) is 3.82. The number of carbonyl (C=O) groups excluding carboxylic acids is 1. The summed E-state index contributed by atoms with van der Waals surface area (Å²) in [4.78, 5) is 12.8. The summed E-state index contributed by atoms with van der Waals surface area (Å²) in [7, 11) is 0. The number of hydrogen-bond acceptors (Lipinski definition) is 5. The number of aromatic nitrogens is 2. The fraction of sp³-hybridized carbons (Fsp3) is 0.250. The van der Waals surface area contributed by atoms with Gasteiger partial charge in [0.15, 0.2) is 0 Å². The van der Waals surface area contributed by atoms with Crippen molar-refractivity contribution < 1.29 is 4.79 Å². The number of benzene rings is 1. The van der Waals surface area contributed by atoms with Gasteiger partial charge in [-0.2, -0.15) is 0 Å². The first-order valence-corrected chi connectivity index (χ1v) is 7.23. The average Bonchev–Trinajstić information content (AvgIpc) is 2.74. The Morgan fingerprint density at radius 3 is 2.61 bits per heavy atom. The molecule has 0 radical (unpaired) electrons. The third-order valence-corrected chi connectivity index (χ3v) is 3.93. The van der Waals surface area contributed by atoms with Gasteiger partial charge in [-0.1, -0.05) is 29.0 Å². The summed E-state index contributed by atoms with van der Waals surface area (Å²) in [6.45, 7) is 3.90. The Morgan fingerprint density at radius 1 is 1.28 bits per heavy atom. The maximum absolute atomic E-state index is 11.7. The van der Waals surface area contributed by atoms with Gasteiger partial charge < -0.3 is 0 Å². The molecular weight excluding hydrogens is 266 g/mol. The van der Waals surface area contributed by atoms with E-state index in [9.17, 15) is 4.79 Å². The summed E-state index contributed by atoms with van der Waals surface area (Å²) >= 11 is 2.88. The van der Waals surface area contributed by atoms with E-state index in [2.05, 4.69) is 15.5 Å². The first kappa shape index (κ1) is 13.0. The number of nitrogens with zero attached hydrogens (tertiary/aromatic N) is 2. The van der Waals surface area contributed by atoms with Crippen LogP contribution < -0.4 is 5.32 Å². The number of carbonyl (C=O) groups is 1. The minimum Gasteiger partial charge on any atom is -0.300 e. The van der Waals surface area contributed by atoms with Gasteiger partial charge in [-0.15, -0.1) is 22.0 Å². The zero-order valence-corrected chi connectivity index (χ0v) is 11.8. The Labute approximate surface area is 114 Å². The molecule has 2 rings (SSSR count). The van der Waals surface area contributed by atoms with Crippen LogP contribution in [0.5, 0.6) is 0 Å². The monoisotopic (exact) mass is 279 g/mol. The van der Waals surface area contributed by atoms with Crippen molar-refractivity contribution in [3.63, 3.8) is 0 Å². The number of hydrogen-bond donors (Lipinski definition) is 1. The molecule has 0 unspecified atom stereocenters. The summed E-state index contributed by atoms with van der Waals surface area (Å²) in [5, 5.41) is 11.8. The molecule has 1 aromatic heterocycles. The molecule has 0 bridgehead atoms. The van der Waals surface area contributed by atoms with Gasteiger partial charge in [-0.25, -0.2) is 0 Å². The van der Waals surface area contributed by atoms with Gasteiger partial charge in [0.25, 0.3) is 0 Å². The van der Waals surface area contributed by atoms with Crippen LogP contribution >= 0.6 is 23.1 Å². The highest BCUT2D eigenvalue weighted by molar-refractivity contribution is 8.00. The molecular formula is C12H13N3OS2. The Hall–Kier alpha value is -1.40. The number of thioether (sulfide) groups is 1. The molecule has 1 N–H and O–H groups in total. The van der Waals surface area contributed by atoms with Crippen molar-refractivity contribution in [2.45, 2.75) is 18.7 Å². The highest BCUT2D eigenvalue weighted by Gasteiger charge is 2.06. The maximum atomic E-state index is 11.7. The van der Waals surface area contributed by atoms with E-state index in [1.165, 1.54) is 28.7 Å². The second kappa shape index (κ2) is 5.97. The van der Waals surface area contributed by atoms with Crippen molar-refractivity contribution in [1.82, 2.24) is 10.2 Å². The lowest BCUT2D eigenvalue weighted by molar-refractivity contribution is -0.113. The van der Waals surface area contributed by atoms with Gasteiger partial charge in [-0.05, 0) is 26.0 Å². The quantitative estimate of drug-likeness (QED) is 0.874. The van der Waals surface area contributed by atoms with Gasteiger partial charge in [0.2, 0.25) is 11.0 Å². The van der Waals surface area contributed by atoms with E-state index < -0.39 is 0 Å². The first-order chi connectivity index (χ1) is 8.63. The molecule has 4 nitrogen and oxygen atoms in total. The van der Waals surface area contributed by atoms with Crippen LogP contribution in [0.15, 0.2) is 29.2 Å². The van der Waals surface area contributed by atoms with Gasteiger partial charge in [-0.3, -0.25) is 10.1 Å². The largest absolute Gasteiger partial charge is 0.300 e. The highest BCUT2D eigenvalue weighted by atomic mass is 32.2. The third-order valence-electron chi connectivity index (χ3n) is 2.16. The van der Waals surface area contributed by atoms with Crippen LogP contribution in [0.4, 0.5) is 5.13 Å². The summed E-state index contributed by atoms with van der Waals surface area (Å²) in [6.07, 6.45) is 0. The molecule has 0 aliphatic rings. The molecule has 1 amide bonds. The van der Waals surface area contributed by atoms with E-state index in [1.54, 1.807) is 0 Å². The highest BCUT2D eigenvalue weighted by Crippen LogP contribution is 2.19. The molecule has 0 atom stereocenters. The predicted molar refractivity (Wildman–Crippen MR) is 75.2 cm³/mol. The average molecular weight is 279 g/mol. The fourth-order valence-corrected chi connectivity index (χ4v) is 2.59. The van der Waals surface area contributed by atoms with Crippen LogP contribution in [0, 0.1) is 13.8 Å². The van der Waals surface area contributed by atoms with Crippen LogP contribution in [0.1, 0.15) is 10.6 Å². The molecule has 0 saturated carbocycles. The van der Waals surface area contributed by atoms with Crippen molar-refractivity contribution in [2.24, 2.45) is 0 Å². The molecule has 0 spiro atoms. The van der Waals surface area contributed by atoms with E-state index in [1.807, 2.05) is 38.1 Å². The van der Waals surface area contributed by atoms with E-state index in [4.69, 9.17) is 0 Å². The maximum Gasteiger partial charge on any atom is 0.236 e. The van der Waals surface area contributed by atoms with E-state index in [0.29, 0.717) is 10.9 Å².